The van der Waals surface area contributed by atoms with Crippen LogP contribution in [-0.2, 0) is 0 Å². The predicted molar refractivity (Wildman–Crippen MR) is 97.5 cm³/mol. The Morgan fingerprint density at radius 1 is 0.600 bits per heavy atom. The minimum absolute atomic E-state index is 1.29. The van der Waals surface area contributed by atoms with Gasteiger partial charge in [0.05, 0.1) is 0 Å². The van der Waals surface area contributed by atoms with Crippen molar-refractivity contribution in [2.24, 2.45) is 0 Å². The second kappa shape index (κ2) is 13.4. The van der Waals surface area contributed by atoms with Crippen LogP contribution in [0.5, 0.6) is 0 Å². The molecule has 0 heterocycles. The molecular formula is C18H41NSn. The molecule has 0 radical (unpaired) electrons. The summed E-state index contributed by atoms with van der Waals surface area (Å²) in [6.45, 7) is 8.42. The van der Waals surface area contributed by atoms with E-state index >= 15 is 0 Å². The van der Waals surface area contributed by atoms with Crippen molar-refractivity contribution < 1.29 is 0 Å². The van der Waals surface area contributed by atoms with Gasteiger partial charge in [0.25, 0.3) is 0 Å². The molecule has 0 fully saturated rings. The normalized spacial score (nSPS) is 12.3. The van der Waals surface area contributed by atoms with Gasteiger partial charge in [0, 0.05) is 0 Å². The second-order valence-corrected chi connectivity index (χ2v) is 21.3. The molecule has 0 aliphatic rings. The third kappa shape index (κ3) is 10.5. The predicted octanol–water partition coefficient (Wildman–Crippen LogP) is 6.18. The molecule has 0 aromatic heterocycles. The Bertz CT molecular complexity index is 182. The molecule has 0 aliphatic heterocycles. The van der Waals surface area contributed by atoms with Gasteiger partial charge in [-0.05, 0) is 0 Å². The van der Waals surface area contributed by atoms with Crippen molar-refractivity contribution in [2.45, 2.75) is 89.9 Å². The minimum atomic E-state index is -1.78. The summed E-state index contributed by atoms with van der Waals surface area (Å²) in [5.74, 6) is 0. The van der Waals surface area contributed by atoms with E-state index in [1.807, 2.05) is 0 Å². The van der Waals surface area contributed by atoms with Crippen LogP contribution < -0.4 is 0 Å². The van der Waals surface area contributed by atoms with Crippen LogP contribution in [0.4, 0.5) is 0 Å². The quantitative estimate of drug-likeness (QED) is 0.253. The molecule has 0 N–H and O–H groups in total. The van der Waals surface area contributed by atoms with E-state index in [0.29, 0.717) is 0 Å². The molecule has 20 heavy (non-hydrogen) atoms. The van der Waals surface area contributed by atoms with Crippen LogP contribution in [0, 0.1) is 0 Å². The van der Waals surface area contributed by atoms with Crippen molar-refractivity contribution >= 4 is 18.4 Å². The van der Waals surface area contributed by atoms with Crippen molar-refractivity contribution in [1.82, 2.24) is 4.90 Å². The monoisotopic (exact) mass is 391 g/mol. The molecule has 0 aromatic carbocycles. The van der Waals surface area contributed by atoms with E-state index in [4.69, 9.17) is 0 Å². The van der Waals surface area contributed by atoms with Crippen LogP contribution in [0.1, 0.15) is 72.1 Å². The summed E-state index contributed by atoms with van der Waals surface area (Å²) in [5, 5.41) is 0. The van der Waals surface area contributed by atoms with Crippen molar-refractivity contribution in [3.8, 4) is 0 Å². The zero-order valence-electron chi connectivity index (χ0n) is 15.1. The van der Waals surface area contributed by atoms with E-state index in [1.54, 1.807) is 17.7 Å². The van der Waals surface area contributed by atoms with E-state index in [1.165, 1.54) is 57.9 Å². The molecular weight excluding hydrogens is 349 g/mol. The van der Waals surface area contributed by atoms with Gasteiger partial charge in [-0.3, -0.25) is 0 Å². The van der Waals surface area contributed by atoms with Crippen LogP contribution in [0.3, 0.4) is 0 Å². The Morgan fingerprint density at radius 3 is 1.35 bits per heavy atom. The fourth-order valence-electron chi connectivity index (χ4n) is 3.33. The van der Waals surface area contributed by atoms with Crippen LogP contribution in [0.15, 0.2) is 0 Å². The standard InChI is InChI=1S/C6H14N.3C4H9.Sn/c1-4-5-6-7(2)3;3*1-3-4-2;/h1,4-6H2,2-3H3;3*1,3-4H2,2H3;. The number of nitrogens with zero attached hydrogens (tertiary/aromatic N) is 1. The van der Waals surface area contributed by atoms with E-state index in [2.05, 4.69) is 39.8 Å². The summed E-state index contributed by atoms with van der Waals surface area (Å²) in [4.78, 5) is 2.35. The van der Waals surface area contributed by atoms with Gasteiger partial charge in [0.2, 0.25) is 0 Å². The van der Waals surface area contributed by atoms with Crippen molar-refractivity contribution in [3.05, 3.63) is 0 Å². The van der Waals surface area contributed by atoms with Gasteiger partial charge in [0.1, 0.15) is 0 Å². The summed E-state index contributed by atoms with van der Waals surface area (Å²) in [6, 6.07) is 0. The van der Waals surface area contributed by atoms with Gasteiger partial charge in [-0.25, -0.2) is 0 Å². The van der Waals surface area contributed by atoms with Gasteiger partial charge in [0.15, 0.2) is 0 Å². The van der Waals surface area contributed by atoms with Gasteiger partial charge in [-0.15, -0.1) is 0 Å². The average molecular weight is 390 g/mol. The molecule has 0 bridgehead atoms. The van der Waals surface area contributed by atoms with E-state index < -0.39 is 18.4 Å². The SMILES string of the molecule is CCC[CH2][Sn]([CH2]CCC)([CH2]CCC)[CH2]CCCN(C)C. The van der Waals surface area contributed by atoms with Crippen LogP contribution in [-0.4, -0.2) is 43.9 Å². The molecule has 0 aliphatic carbocycles. The zero-order valence-corrected chi connectivity index (χ0v) is 18.0. The molecule has 122 valence electrons. The Labute approximate surface area is 133 Å². The number of unbranched alkanes of at least 4 members (excludes halogenated alkanes) is 4. The van der Waals surface area contributed by atoms with Crippen molar-refractivity contribution in [3.63, 3.8) is 0 Å². The molecule has 0 aromatic rings. The van der Waals surface area contributed by atoms with E-state index in [9.17, 15) is 0 Å². The first-order valence-corrected chi connectivity index (χ1v) is 17.3. The van der Waals surface area contributed by atoms with Gasteiger partial charge >= 0.3 is 134 Å². The Kier molecular flexibility index (Phi) is 13.9. The first kappa shape index (κ1) is 20.8. The number of rotatable bonds is 14. The Hall–Kier alpha value is 0.759. The number of hydrogen-bond donors (Lipinski definition) is 0. The van der Waals surface area contributed by atoms with Crippen molar-refractivity contribution in [1.29, 1.82) is 0 Å². The molecule has 2 heteroatoms. The van der Waals surface area contributed by atoms with Crippen LogP contribution in [0.2, 0.25) is 17.7 Å². The molecule has 0 spiro atoms. The summed E-state index contributed by atoms with van der Waals surface area (Å²) >= 11 is -1.78. The first-order valence-electron chi connectivity index (χ1n) is 9.25. The maximum atomic E-state index is 2.38. The Morgan fingerprint density at radius 2 is 1.00 bits per heavy atom. The second-order valence-electron chi connectivity index (χ2n) is 7.07. The first-order chi connectivity index (χ1) is 9.60. The number of hydrogen-bond acceptors (Lipinski definition) is 1. The van der Waals surface area contributed by atoms with Crippen LogP contribution >= 0.6 is 0 Å². The third-order valence-corrected chi connectivity index (χ3v) is 20.9. The molecule has 0 atom stereocenters. The zero-order chi connectivity index (χ0) is 15.3. The fourth-order valence-corrected chi connectivity index (χ4v) is 19.9. The van der Waals surface area contributed by atoms with Gasteiger partial charge in [-0.1, -0.05) is 0 Å². The summed E-state index contributed by atoms with van der Waals surface area (Å²) < 4.78 is 6.75. The molecule has 0 amide bonds. The van der Waals surface area contributed by atoms with Gasteiger partial charge < -0.3 is 0 Å². The molecule has 0 rings (SSSR count). The molecule has 0 saturated heterocycles. The van der Waals surface area contributed by atoms with Gasteiger partial charge in [-0.2, -0.15) is 0 Å². The molecule has 0 saturated carbocycles. The third-order valence-electron chi connectivity index (χ3n) is 4.74. The topological polar surface area (TPSA) is 3.24 Å². The average Bonchev–Trinajstić information content (AvgIpc) is 2.44. The summed E-state index contributed by atoms with van der Waals surface area (Å²) in [7, 11) is 4.42. The summed E-state index contributed by atoms with van der Waals surface area (Å²) in [5.41, 5.74) is 0. The van der Waals surface area contributed by atoms with E-state index in [-0.39, 0.29) is 0 Å². The molecule has 0 unspecified atom stereocenters. The summed E-state index contributed by atoms with van der Waals surface area (Å²) in [6.07, 6.45) is 11.8. The van der Waals surface area contributed by atoms with E-state index in [0.717, 1.165) is 0 Å². The van der Waals surface area contributed by atoms with Crippen LogP contribution in [0.25, 0.3) is 0 Å². The maximum absolute atomic E-state index is 2.38. The van der Waals surface area contributed by atoms with Crippen molar-refractivity contribution in [2.75, 3.05) is 20.6 Å². The molecule has 1 nitrogen and oxygen atoms in total. The Balaban J connectivity index is 4.41. The fraction of sp³-hybridized carbons (Fsp3) is 1.00.